The number of hydrogen-bond donors (Lipinski definition) is 2. The molecule has 0 saturated carbocycles. The molecule has 0 unspecified atom stereocenters. The fourth-order valence-corrected chi connectivity index (χ4v) is 4.22. The molecular weight excluding hydrogens is 396 g/mol. The number of thiazole rings is 1. The predicted octanol–water partition coefficient (Wildman–Crippen LogP) is 4.64. The highest BCUT2D eigenvalue weighted by Gasteiger charge is 2.25. The van der Waals surface area contributed by atoms with Gasteiger partial charge in [0.25, 0.3) is 5.91 Å². The summed E-state index contributed by atoms with van der Waals surface area (Å²) in [7, 11) is 0. The molecule has 0 aliphatic carbocycles. The number of carbonyl (C=O) groups excluding carboxylic acids is 2. The van der Waals surface area contributed by atoms with Crippen molar-refractivity contribution >= 4 is 45.7 Å². The van der Waals surface area contributed by atoms with Crippen molar-refractivity contribution in [3.63, 3.8) is 0 Å². The Kier molecular flexibility index (Phi) is 5.27. The third-order valence-corrected chi connectivity index (χ3v) is 5.58. The summed E-state index contributed by atoms with van der Waals surface area (Å²) in [5.74, 6) is 0.00728. The van der Waals surface area contributed by atoms with Gasteiger partial charge in [0.05, 0.1) is 12.2 Å². The smallest absolute Gasteiger partial charge is 0.325 e. The van der Waals surface area contributed by atoms with E-state index in [1.54, 1.807) is 24.3 Å². The van der Waals surface area contributed by atoms with Gasteiger partial charge in [-0.15, -0.1) is 0 Å². The lowest BCUT2D eigenvalue weighted by atomic mass is 10.1. The molecule has 0 saturated heterocycles. The van der Waals surface area contributed by atoms with Crippen molar-refractivity contribution in [3.05, 3.63) is 75.8 Å². The molecule has 0 fully saturated rings. The van der Waals surface area contributed by atoms with Gasteiger partial charge in [-0.3, -0.25) is 10.1 Å². The van der Waals surface area contributed by atoms with Gasteiger partial charge >= 0.3 is 6.03 Å². The summed E-state index contributed by atoms with van der Waals surface area (Å²) >= 11 is 7.32. The third kappa shape index (κ3) is 4.16. The molecule has 2 aromatic carbocycles. The van der Waals surface area contributed by atoms with Crippen LogP contribution in [0.1, 0.15) is 20.9 Å². The number of anilines is 2. The summed E-state index contributed by atoms with van der Waals surface area (Å²) in [5.41, 5.74) is 2.21. The molecule has 0 spiro atoms. The van der Waals surface area contributed by atoms with Crippen LogP contribution in [0, 0.1) is 0 Å². The van der Waals surface area contributed by atoms with E-state index >= 15 is 0 Å². The van der Waals surface area contributed by atoms with Gasteiger partial charge in [-0.05, 0) is 30.3 Å². The van der Waals surface area contributed by atoms with E-state index in [0.29, 0.717) is 40.9 Å². The molecule has 8 heteroatoms. The van der Waals surface area contributed by atoms with Gasteiger partial charge in [-0.1, -0.05) is 47.2 Å². The molecule has 2 heterocycles. The second-order valence-corrected chi connectivity index (χ2v) is 7.84. The number of urea groups is 1. The SMILES string of the molecule is O=C(Nc1cccc(Cl)c1)Nc1nc2c(s1)CN(C(=O)c1ccccc1)CC2. The van der Waals surface area contributed by atoms with Gasteiger partial charge in [0, 0.05) is 34.1 Å². The number of carbonyl (C=O) groups is 2. The molecule has 6 nitrogen and oxygen atoms in total. The second kappa shape index (κ2) is 8.00. The van der Waals surface area contributed by atoms with Crippen molar-refractivity contribution in [1.29, 1.82) is 0 Å². The van der Waals surface area contributed by atoms with E-state index in [1.165, 1.54) is 11.3 Å². The quantitative estimate of drug-likeness (QED) is 0.658. The van der Waals surface area contributed by atoms with Crippen molar-refractivity contribution in [2.45, 2.75) is 13.0 Å². The van der Waals surface area contributed by atoms with E-state index in [1.807, 2.05) is 35.2 Å². The van der Waals surface area contributed by atoms with Crippen LogP contribution in [-0.2, 0) is 13.0 Å². The zero-order chi connectivity index (χ0) is 19.5. The molecule has 0 radical (unpaired) electrons. The number of aromatic nitrogens is 1. The van der Waals surface area contributed by atoms with Gasteiger partial charge < -0.3 is 10.2 Å². The van der Waals surface area contributed by atoms with Gasteiger partial charge in [-0.25, -0.2) is 9.78 Å². The van der Waals surface area contributed by atoms with Crippen molar-refractivity contribution < 1.29 is 9.59 Å². The fourth-order valence-electron chi connectivity index (χ4n) is 3.01. The standard InChI is InChI=1S/C20H17ClN4O2S/c21-14-7-4-8-15(11-14)22-19(27)24-20-23-16-9-10-25(12-17(16)28-20)18(26)13-5-2-1-3-6-13/h1-8,11H,9-10,12H2,(H2,22,23,24,27). The summed E-state index contributed by atoms with van der Waals surface area (Å²) in [6.45, 7) is 1.11. The molecule has 142 valence electrons. The Balaban J connectivity index is 1.41. The molecule has 2 N–H and O–H groups in total. The minimum absolute atomic E-state index is 0.00728. The van der Waals surface area contributed by atoms with Crippen LogP contribution in [0.2, 0.25) is 5.02 Å². The Morgan fingerprint density at radius 1 is 1.07 bits per heavy atom. The number of nitrogens with one attached hydrogen (secondary N) is 2. The highest BCUT2D eigenvalue weighted by atomic mass is 35.5. The first kappa shape index (κ1) is 18.5. The molecule has 0 atom stereocenters. The molecule has 1 aromatic heterocycles. The largest absolute Gasteiger partial charge is 0.333 e. The van der Waals surface area contributed by atoms with E-state index in [9.17, 15) is 9.59 Å². The number of rotatable bonds is 3. The average Bonchev–Trinajstić information content (AvgIpc) is 3.09. The van der Waals surface area contributed by atoms with Crippen LogP contribution in [0.15, 0.2) is 54.6 Å². The summed E-state index contributed by atoms with van der Waals surface area (Å²) in [5, 5.41) is 6.54. The Bertz CT molecular complexity index is 1020. The van der Waals surface area contributed by atoms with Gasteiger partial charge in [0.2, 0.25) is 0 Å². The summed E-state index contributed by atoms with van der Waals surface area (Å²) in [6.07, 6.45) is 0.669. The Labute approximate surface area is 171 Å². The van der Waals surface area contributed by atoms with Crippen LogP contribution in [-0.4, -0.2) is 28.4 Å². The van der Waals surface area contributed by atoms with E-state index in [2.05, 4.69) is 15.6 Å². The maximum absolute atomic E-state index is 12.6. The van der Waals surface area contributed by atoms with Crippen LogP contribution >= 0.6 is 22.9 Å². The first-order valence-electron chi connectivity index (χ1n) is 8.75. The van der Waals surface area contributed by atoms with Gasteiger partial charge in [0.15, 0.2) is 5.13 Å². The lowest BCUT2D eigenvalue weighted by Crippen LogP contribution is -2.35. The second-order valence-electron chi connectivity index (χ2n) is 6.32. The molecule has 3 aromatic rings. The van der Waals surface area contributed by atoms with Gasteiger partial charge in [0.1, 0.15) is 0 Å². The summed E-state index contributed by atoms with van der Waals surface area (Å²) < 4.78 is 0. The molecule has 4 rings (SSSR count). The van der Waals surface area contributed by atoms with Crippen LogP contribution in [0.3, 0.4) is 0 Å². The molecule has 1 aliphatic heterocycles. The molecule has 28 heavy (non-hydrogen) atoms. The lowest BCUT2D eigenvalue weighted by Gasteiger charge is -2.26. The van der Waals surface area contributed by atoms with Crippen molar-refractivity contribution in [1.82, 2.24) is 9.88 Å². The normalized spacial score (nSPS) is 13.0. The minimum Gasteiger partial charge on any atom is -0.333 e. The summed E-state index contributed by atoms with van der Waals surface area (Å²) in [6, 6.07) is 15.8. The predicted molar refractivity (Wildman–Crippen MR) is 111 cm³/mol. The lowest BCUT2D eigenvalue weighted by molar-refractivity contribution is 0.0736. The number of halogens is 1. The molecular formula is C20H17ClN4O2S. The van der Waals surface area contributed by atoms with Crippen LogP contribution in [0.4, 0.5) is 15.6 Å². The zero-order valence-electron chi connectivity index (χ0n) is 14.8. The topological polar surface area (TPSA) is 74.3 Å². The average molecular weight is 413 g/mol. The number of nitrogens with zero attached hydrogens (tertiary/aromatic N) is 2. The molecule has 1 aliphatic rings. The number of fused-ring (bicyclic) bond motifs is 1. The third-order valence-electron chi connectivity index (χ3n) is 4.34. The van der Waals surface area contributed by atoms with Crippen LogP contribution in [0.5, 0.6) is 0 Å². The van der Waals surface area contributed by atoms with E-state index in [4.69, 9.17) is 11.6 Å². The van der Waals surface area contributed by atoms with Crippen molar-refractivity contribution in [2.75, 3.05) is 17.2 Å². The fraction of sp³-hybridized carbons (Fsp3) is 0.150. The van der Waals surface area contributed by atoms with E-state index in [-0.39, 0.29) is 11.9 Å². The molecule has 0 bridgehead atoms. The van der Waals surface area contributed by atoms with Crippen molar-refractivity contribution in [3.8, 4) is 0 Å². The maximum atomic E-state index is 12.6. The van der Waals surface area contributed by atoms with Crippen molar-refractivity contribution in [2.24, 2.45) is 0 Å². The Morgan fingerprint density at radius 3 is 2.68 bits per heavy atom. The number of benzene rings is 2. The first-order chi connectivity index (χ1) is 13.6. The van der Waals surface area contributed by atoms with Gasteiger partial charge in [-0.2, -0.15) is 0 Å². The van der Waals surface area contributed by atoms with Crippen LogP contribution < -0.4 is 10.6 Å². The maximum Gasteiger partial charge on any atom is 0.325 e. The minimum atomic E-state index is -0.384. The number of amides is 3. The number of hydrogen-bond acceptors (Lipinski definition) is 4. The Morgan fingerprint density at radius 2 is 1.89 bits per heavy atom. The highest BCUT2D eigenvalue weighted by molar-refractivity contribution is 7.15. The zero-order valence-corrected chi connectivity index (χ0v) is 16.4. The van der Waals surface area contributed by atoms with E-state index < -0.39 is 0 Å². The first-order valence-corrected chi connectivity index (χ1v) is 9.94. The summed E-state index contributed by atoms with van der Waals surface area (Å²) in [4.78, 5) is 32.1. The monoisotopic (exact) mass is 412 g/mol. The van der Waals surface area contributed by atoms with Crippen LogP contribution in [0.25, 0.3) is 0 Å². The highest BCUT2D eigenvalue weighted by Crippen LogP contribution is 2.29. The molecule has 3 amide bonds. The Hall–Kier alpha value is -2.90. The van der Waals surface area contributed by atoms with E-state index in [0.717, 1.165) is 10.6 Å².